The van der Waals surface area contributed by atoms with E-state index in [1.165, 1.54) is 16.2 Å². The van der Waals surface area contributed by atoms with Crippen LogP contribution in [0.2, 0.25) is 0 Å². The van der Waals surface area contributed by atoms with Crippen LogP contribution in [0.4, 0.5) is 4.39 Å². The van der Waals surface area contributed by atoms with Gasteiger partial charge in [-0.1, -0.05) is 20.8 Å². The SMILES string of the molecule is CC(C)(C)Cc1cc2sc(F)cc2s1. The lowest BCUT2D eigenvalue weighted by molar-refractivity contribution is 0.415. The quantitative estimate of drug-likeness (QED) is 0.664. The normalized spacial score (nSPS) is 12.6. The third-order valence-electron chi connectivity index (χ3n) is 1.93. The summed E-state index contributed by atoms with van der Waals surface area (Å²) in [7, 11) is 0. The summed E-state index contributed by atoms with van der Waals surface area (Å²) in [5, 5.41) is -0.0754. The van der Waals surface area contributed by atoms with Crippen molar-refractivity contribution in [1.29, 1.82) is 0 Å². The van der Waals surface area contributed by atoms with Gasteiger partial charge in [-0.3, -0.25) is 0 Å². The fraction of sp³-hybridized carbons (Fsp3) is 0.455. The fourth-order valence-electron chi connectivity index (χ4n) is 1.47. The fourth-order valence-corrected chi connectivity index (χ4v) is 3.90. The van der Waals surface area contributed by atoms with Gasteiger partial charge in [-0.2, -0.15) is 4.39 Å². The number of fused-ring (bicyclic) bond motifs is 1. The molecule has 14 heavy (non-hydrogen) atoms. The van der Waals surface area contributed by atoms with Crippen molar-refractivity contribution in [3.8, 4) is 0 Å². The van der Waals surface area contributed by atoms with Crippen molar-refractivity contribution in [2.45, 2.75) is 27.2 Å². The summed E-state index contributed by atoms with van der Waals surface area (Å²) in [6.07, 6.45) is 1.07. The zero-order chi connectivity index (χ0) is 10.3. The topological polar surface area (TPSA) is 0 Å². The Morgan fingerprint density at radius 1 is 1.14 bits per heavy atom. The minimum Gasteiger partial charge on any atom is -0.195 e. The molecule has 0 aromatic carbocycles. The molecule has 0 saturated heterocycles. The molecule has 0 aliphatic carbocycles. The van der Waals surface area contributed by atoms with Crippen LogP contribution in [0.3, 0.4) is 0 Å². The van der Waals surface area contributed by atoms with Crippen LogP contribution >= 0.6 is 22.7 Å². The monoisotopic (exact) mass is 228 g/mol. The Balaban J connectivity index is 2.32. The van der Waals surface area contributed by atoms with E-state index in [0.717, 1.165) is 15.8 Å². The first kappa shape index (κ1) is 10.1. The second-order valence-corrected chi connectivity index (χ2v) is 6.93. The summed E-state index contributed by atoms with van der Waals surface area (Å²) in [6, 6.07) is 3.76. The number of halogens is 1. The van der Waals surface area contributed by atoms with Crippen molar-refractivity contribution in [2.75, 3.05) is 0 Å². The zero-order valence-electron chi connectivity index (χ0n) is 8.56. The molecule has 0 bridgehead atoms. The second-order valence-electron chi connectivity index (χ2n) is 4.73. The van der Waals surface area contributed by atoms with Crippen molar-refractivity contribution in [3.05, 3.63) is 22.1 Å². The molecule has 0 saturated carbocycles. The molecule has 76 valence electrons. The predicted octanol–water partition coefficient (Wildman–Crippen LogP) is 4.69. The van der Waals surface area contributed by atoms with Crippen molar-refractivity contribution in [2.24, 2.45) is 5.41 Å². The molecule has 0 nitrogen and oxygen atoms in total. The Kier molecular flexibility index (Phi) is 2.40. The van der Waals surface area contributed by atoms with Crippen LogP contribution in [0.5, 0.6) is 0 Å². The summed E-state index contributed by atoms with van der Waals surface area (Å²) < 4.78 is 15.0. The highest BCUT2D eigenvalue weighted by Gasteiger charge is 2.14. The lowest BCUT2D eigenvalue weighted by Crippen LogP contribution is -2.07. The van der Waals surface area contributed by atoms with Crippen LogP contribution in [-0.2, 0) is 6.42 Å². The molecule has 0 unspecified atom stereocenters. The van der Waals surface area contributed by atoms with Crippen LogP contribution < -0.4 is 0 Å². The summed E-state index contributed by atoms with van der Waals surface area (Å²) in [4.78, 5) is 1.36. The molecule has 3 heteroatoms. The molecule has 0 spiro atoms. The van der Waals surface area contributed by atoms with Crippen LogP contribution in [-0.4, -0.2) is 0 Å². The van der Waals surface area contributed by atoms with Crippen molar-refractivity contribution < 1.29 is 4.39 Å². The van der Waals surface area contributed by atoms with Gasteiger partial charge >= 0.3 is 0 Å². The van der Waals surface area contributed by atoms with Gasteiger partial charge in [0.05, 0.1) is 0 Å². The summed E-state index contributed by atoms with van der Waals surface area (Å²) in [6.45, 7) is 6.67. The first-order valence-electron chi connectivity index (χ1n) is 4.62. The maximum atomic E-state index is 12.8. The van der Waals surface area contributed by atoms with Gasteiger partial charge in [0, 0.05) is 20.3 Å². The second kappa shape index (κ2) is 3.31. The van der Waals surface area contributed by atoms with Gasteiger partial charge in [0.2, 0.25) is 0 Å². The maximum Gasteiger partial charge on any atom is 0.178 e. The molecule has 0 radical (unpaired) electrons. The third kappa shape index (κ3) is 2.15. The average Bonchev–Trinajstić information content (AvgIpc) is 2.39. The molecule has 0 atom stereocenters. The molecule has 0 amide bonds. The van der Waals surface area contributed by atoms with Crippen LogP contribution in [0.1, 0.15) is 25.6 Å². The van der Waals surface area contributed by atoms with Crippen LogP contribution in [0.15, 0.2) is 12.1 Å². The molecular weight excluding hydrogens is 215 g/mol. The Morgan fingerprint density at radius 3 is 2.36 bits per heavy atom. The third-order valence-corrected chi connectivity index (χ3v) is 4.01. The lowest BCUT2D eigenvalue weighted by atomic mass is 9.92. The van der Waals surface area contributed by atoms with Gasteiger partial charge in [0.25, 0.3) is 0 Å². The molecular formula is C11H13FS2. The van der Waals surface area contributed by atoms with E-state index >= 15 is 0 Å². The zero-order valence-corrected chi connectivity index (χ0v) is 10.2. The Bertz CT molecular complexity index is 414. The van der Waals surface area contributed by atoms with E-state index in [1.807, 2.05) is 0 Å². The van der Waals surface area contributed by atoms with E-state index in [0.29, 0.717) is 5.41 Å². The number of hydrogen-bond donors (Lipinski definition) is 0. The first-order chi connectivity index (χ1) is 6.44. The molecule has 0 N–H and O–H groups in total. The summed E-state index contributed by atoms with van der Waals surface area (Å²) in [5.41, 5.74) is 0.311. The number of rotatable bonds is 1. The highest BCUT2D eigenvalue weighted by atomic mass is 32.1. The van der Waals surface area contributed by atoms with E-state index in [1.54, 1.807) is 17.4 Å². The van der Waals surface area contributed by atoms with Gasteiger partial charge in [-0.15, -0.1) is 22.7 Å². The largest absolute Gasteiger partial charge is 0.195 e. The highest BCUT2D eigenvalue weighted by molar-refractivity contribution is 7.27. The maximum absolute atomic E-state index is 12.8. The Labute approximate surface area is 91.4 Å². The standard InChI is InChI=1S/C11H13FS2/c1-11(2,3)6-7-4-8-9(13-7)5-10(12)14-8/h4-5H,6H2,1-3H3. The summed E-state index contributed by atoms with van der Waals surface area (Å²) >= 11 is 2.96. The number of thiophene rings is 2. The highest BCUT2D eigenvalue weighted by Crippen LogP contribution is 2.35. The predicted molar refractivity (Wildman–Crippen MR) is 62.8 cm³/mol. The van der Waals surface area contributed by atoms with Gasteiger partial charge in [-0.25, -0.2) is 0 Å². The molecule has 0 aliphatic rings. The first-order valence-corrected chi connectivity index (χ1v) is 6.25. The smallest absolute Gasteiger partial charge is 0.178 e. The number of hydrogen-bond acceptors (Lipinski definition) is 2. The van der Waals surface area contributed by atoms with E-state index in [9.17, 15) is 4.39 Å². The minimum atomic E-state index is -0.0754. The van der Waals surface area contributed by atoms with E-state index in [-0.39, 0.29) is 5.13 Å². The molecule has 0 fully saturated rings. The van der Waals surface area contributed by atoms with E-state index in [2.05, 4.69) is 26.8 Å². The summed E-state index contributed by atoms with van der Waals surface area (Å²) in [5.74, 6) is 0. The van der Waals surface area contributed by atoms with Crippen LogP contribution in [0, 0.1) is 10.5 Å². The Hall–Kier alpha value is -0.410. The van der Waals surface area contributed by atoms with Gasteiger partial charge in [0.1, 0.15) is 0 Å². The molecule has 0 aliphatic heterocycles. The molecule has 2 heterocycles. The lowest BCUT2D eigenvalue weighted by Gasteiger charge is -2.16. The molecule has 2 aromatic heterocycles. The van der Waals surface area contributed by atoms with E-state index in [4.69, 9.17) is 0 Å². The van der Waals surface area contributed by atoms with Gasteiger partial charge in [0.15, 0.2) is 5.13 Å². The minimum absolute atomic E-state index is 0.0754. The van der Waals surface area contributed by atoms with Crippen LogP contribution in [0.25, 0.3) is 9.40 Å². The van der Waals surface area contributed by atoms with Crippen molar-refractivity contribution in [3.63, 3.8) is 0 Å². The molecule has 2 rings (SSSR count). The van der Waals surface area contributed by atoms with Crippen molar-refractivity contribution >= 4 is 32.1 Å². The van der Waals surface area contributed by atoms with Crippen molar-refractivity contribution in [1.82, 2.24) is 0 Å². The van der Waals surface area contributed by atoms with E-state index < -0.39 is 0 Å². The molecule has 2 aromatic rings. The van der Waals surface area contributed by atoms with Gasteiger partial charge < -0.3 is 0 Å². The van der Waals surface area contributed by atoms with Gasteiger partial charge in [-0.05, 0) is 17.9 Å². The average molecular weight is 228 g/mol. The Morgan fingerprint density at radius 2 is 1.79 bits per heavy atom.